The van der Waals surface area contributed by atoms with E-state index < -0.39 is 0 Å². The van der Waals surface area contributed by atoms with Crippen LogP contribution in [0.15, 0.2) is 54.9 Å². The summed E-state index contributed by atoms with van der Waals surface area (Å²) in [5.74, 6) is 0.00638. The van der Waals surface area contributed by atoms with Crippen molar-refractivity contribution in [2.24, 2.45) is 0 Å². The van der Waals surface area contributed by atoms with E-state index in [0.717, 1.165) is 36.9 Å². The van der Waals surface area contributed by atoms with E-state index in [1.165, 1.54) is 11.3 Å². The fraction of sp³-hybridized carbons (Fsp3) is 0.286. The lowest BCUT2D eigenvalue weighted by molar-refractivity contribution is 0.0789. The molecule has 3 aromatic rings. The van der Waals surface area contributed by atoms with E-state index in [9.17, 15) is 4.79 Å². The number of nitrogens with zero attached hydrogens (tertiary/aromatic N) is 4. The number of rotatable bonds is 5. The van der Waals surface area contributed by atoms with Gasteiger partial charge in [-0.1, -0.05) is 18.2 Å². The Balaban J connectivity index is 1.56. The molecule has 0 fully saturated rings. The molecule has 0 bridgehead atoms. The molecule has 2 aromatic heterocycles. The summed E-state index contributed by atoms with van der Waals surface area (Å²) >= 11 is 0. The highest BCUT2D eigenvalue weighted by Crippen LogP contribution is 2.28. The molecule has 1 aromatic carbocycles. The molecule has 0 aliphatic heterocycles. The molecule has 0 atom stereocenters. The summed E-state index contributed by atoms with van der Waals surface area (Å²) in [6, 6.07) is 14.0. The van der Waals surface area contributed by atoms with E-state index in [2.05, 4.69) is 4.98 Å². The normalized spacial score (nSPS) is 12.8. The highest BCUT2D eigenvalue weighted by molar-refractivity contribution is 5.94. The summed E-state index contributed by atoms with van der Waals surface area (Å²) in [6.45, 7) is 0.663. The lowest BCUT2D eigenvalue weighted by Crippen LogP contribution is -2.30. The first kappa shape index (κ1) is 16.5. The maximum Gasteiger partial charge on any atom is 0.274 e. The van der Waals surface area contributed by atoms with Gasteiger partial charge in [0.05, 0.1) is 5.69 Å². The number of benzene rings is 1. The Hall–Kier alpha value is -2.95. The van der Waals surface area contributed by atoms with Crippen molar-refractivity contribution in [1.29, 1.82) is 0 Å². The third kappa shape index (κ3) is 3.12. The van der Waals surface area contributed by atoms with Crippen LogP contribution >= 0.6 is 0 Å². The van der Waals surface area contributed by atoms with Crippen LogP contribution in [0.3, 0.4) is 0 Å². The fourth-order valence-corrected chi connectivity index (χ4v) is 3.52. The number of hydrogen-bond acceptors (Lipinski definition) is 3. The van der Waals surface area contributed by atoms with E-state index in [1.54, 1.807) is 17.3 Å². The van der Waals surface area contributed by atoms with Gasteiger partial charge in [-0.25, -0.2) is 4.68 Å². The summed E-state index contributed by atoms with van der Waals surface area (Å²) in [7, 11) is 1.85. The van der Waals surface area contributed by atoms with Crippen LogP contribution in [-0.2, 0) is 19.3 Å². The molecule has 0 saturated carbocycles. The second-order valence-electron chi connectivity index (χ2n) is 6.71. The van der Waals surface area contributed by atoms with E-state index in [1.807, 2.05) is 54.2 Å². The molecule has 2 heterocycles. The van der Waals surface area contributed by atoms with Crippen LogP contribution in [0.2, 0.25) is 0 Å². The van der Waals surface area contributed by atoms with Crippen molar-refractivity contribution in [3.05, 3.63) is 77.4 Å². The van der Waals surface area contributed by atoms with Gasteiger partial charge in [-0.2, -0.15) is 5.10 Å². The molecule has 0 radical (unpaired) electrons. The van der Waals surface area contributed by atoms with Crippen molar-refractivity contribution in [3.63, 3.8) is 0 Å². The standard InChI is InChI=1S/C21H22N4O/c1-24(15-12-16-10-13-22-14-11-16)21(26)20-18-8-5-9-19(18)25(23-20)17-6-3-2-4-7-17/h2-4,6-7,10-11,13-14H,5,8-9,12,15H2,1H3. The average Bonchev–Trinajstić information content (AvgIpc) is 3.30. The van der Waals surface area contributed by atoms with Crippen molar-refractivity contribution in [3.8, 4) is 5.69 Å². The summed E-state index contributed by atoms with van der Waals surface area (Å²) in [5, 5.41) is 4.69. The van der Waals surface area contributed by atoms with Crippen LogP contribution < -0.4 is 0 Å². The molecule has 5 heteroatoms. The van der Waals surface area contributed by atoms with E-state index >= 15 is 0 Å². The smallest absolute Gasteiger partial charge is 0.274 e. The molecule has 0 N–H and O–H groups in total. The SMILES string of the molecule is CN(CCc1ccncc1)C(=O)c1nn(-c2ccccc2)c2c1CCC2. The van der Waals surface area contributed by atoms with Crippen LogP contribution in [-0.4, -0.2) is 39.2 Å². The Morgan fingerprint density at radius 1 is 1.12 bits per heavy atom. The van der Waals surface area contributed by atoms with Gasteiger partial charge in [0.2, 0.25) is 0 Å². The Labute approximate surface area is 153 Å². The Bertz CT molecular complexity index is 903. The molecule has 1 aliphatic rings. The number of carbonyl (C=O) groups excluding carboxylic acids is 1. The van der Waals surface area contributed by atoms with Crippen LogP contribution in [0.4, 0.5) is 0 Å². The number of para-hydroxylation sites is 1. The highest BCUT2D eigenvalue weighted by atomic mass is 16.2. The van der Waals surface area contributed by atoms with Crippen molar-refractivity contribution < 1.29 is 4.79 Å². The molecular formula is C21H22N4O. The molecule has 4 rings (SSSR count). The zero-order valence-corrected chi connectivity index (χ0v) is 14.9. The van der Waals surface area contributed by atoms with E-state index in [4.69, 9.17) is 5.10 Å². The number of pyridine rings is 1. The third-order valence-corrected chi connectivity index (χ3v) is 4.97. The number of amides is 1. The van der Waals surface area contributed by atoms with E-state index in [-0.39, 0.29) is 5.91 Å². The molecule has 0 unspecified atom stereocenters. The van der Waals surface area contributed by atoms with Gasteiger partial charge in [0.25, 0.3) is 5.91 Å². The van der Waals surface area contributed by atoms with Gasteiger partial charge in [-0.05, 0) is 55.5 Å². The van der Waals surface area contributed by atoms with E-state index in [0.29, 0.717) is 12.2 Å². The molecule has 0 spiro atoms. The second kappa shape index (κ2) is 7.12. The van der Waals surface area contributed by atoms with Crippen LogP contribution in [0.25, 0.3) is 5.69 Å². The highest BCUT2D eigenvalue weighted by Gasteiger charge is 2.28. The number of hydrogen-bond donors (Lipinski definition) is 0. The summed E-state index contributed by atoms with van der Waals surface area (Å²) < 4.78 is 1.95. The minimum Gasteiger partial charge on any atom is -0.340 e. The Morgan fingerprint density at radius 3 is 2.65 bits per heavy atom. The molecule has 5 nitrogen and oxygen atoms in total. The first-order valence-corrected chi connectivity index (χ1v) is 9.04. The summed E-state index contributed by atoms with van der Waals surface area (Å²) in [6.07, 6.45) is 7.37. The molecular weight excluding hydrogens is 324 g/mol. The quantitative estimate of drug-likeness (QED) is 0.713. The molecule has 1 aliphatic carbocycles. The zero-order chi connectivity index (χ0) is 17.9. The topological polar surface area (TPSA) is 51.0 Å². The maximum atomic E-state index is 13.0. The van der Waals surface area contributed by atoms with Gasteiger partial charge >= 0.3 is 0 Å². The van der Waals surface area contributed by atoms with Crippen molar-refractivity contribution in [1.82, 2.24) is 19.7 Å². The van der Waals surface area contributed by atoms with Gasteiger partial charge in [0.1, 0.15) is 0 Å². The van der Waals surface area contributed by atoms with Gasteiger partial charge in [0, 0.05) is 37.2 Å². The fourth-order valence-electron chi connectivity index (χ4n) is 3.52. The van der Waals surface area contributed by atoms with Crippen LogP contribution in [0.1, 0.15) is 33.7 Å². The van der Waals surface area contributed by atoms with Crippen molar-refractivity contribution >= 4 is 5.91 Å². The van der Waals surface area contributed by atoms with Gasteiger partial charge in [-0.15, -0.1) is 0 Å². The van der Waals surface area contributed by atoms with Gasteiger partial charge in [-0.3, -0.25) is 9.78 Å². The predicted octanol–water partition coefficient (Wildman–Crippen LogP) is 3.07. The number of carbonyl (C=O) groups is 1. The first-order valence-electron chi connectivity index (χ1n) is 9.04. The van der Waals surface area contributed by atoms with Gasteiger partial charge < -0.3 is 4.90 Å². The second-order valence-corrected chi connectivity index (χ2v) is 6.71. The molecule has 132 valence electrons. The molecule has 1 amide bonds. The van der Waals surface area contributed by atoms with Gasteiger partial charge in [0.15, 0.2) is 5.69 Å². The minimum absolute atomic E-state index is 0.00638. The average molecular weight is 346 g/mol. The van der Waals surface area contributed by atoms with Crippen molar-refractivity contribution in [2.75, 3.05) is 13.6 Å². The Morgan fingerprint density at radius 2 is 1.88 bits per heavy atom. The van der Waals surface area contributed by atoms with Crippen molar-refractivity contribution in [2.45, 2.75) is 25.7 Å². The van der Waals surface area contributed by atoms with Crippen LogP contribution in [0, 0.1) is 0 Å². The summed E-state index contributed by atoms with van der Waals surface area (Å²) in [5.41, 5.74) is 5.11. The minimum atomic E-state index is 0.00638. The lowest BCUT2D eigenvalue weighted by Gasteiger charge is -2.16. The van der Waals surface area contributed by atoms with Crippen LogP contribution in [0.5, 0.6) is 0 Å². The largest absolute Gasteiger partial charge is 0.340 e. The number of likely N-dealkylation sites (N-methyl/N-ethyl adjacent to an activating group) is 1. The maximum absolute atomic E-state index is 13.0. The third-order valence-electron chi connectivity index (χ3n) is 4.97. The monoisotopic (exact) mass is 346 g/mol. The number of fused-ring (bicyclic) bond motifs is 1. The molecule has 26 heavy (non-hydrogen) atoms. The predicted molar refractivity (Wildman–Crippen MR) is 100 cm³/mol. The lowest BCUT2D eigenvalue weighted by atomic mass is 10.1. The first-order chi connectivity index (χ1) is 12.7. The number of aromatic nitrogens is 3. The summed E-state index contributed by atoms with van der Waals surface area (Å²) in [4.78, 5) is 18.8. The Kier molecular flexibility index (Phi) is 4.52. The molecule has 0 saturated heterocycles. The zero-order valence-electron chi connectivity index (χ0n) is 14.9.